The first-order valence-corrected chi connectivity index (χ1v) is 5.42. The standard InChI is InChI=1S/C11H16FN3O/c1-13-7-10-8-15(4-5-16-10)11-3-2-9(12)6-14-11/h2-3,6,10,13H,4-5,7-8H2,1H3. The number of ether oxygens (including phenoxy) is 1. The summed E-state index contributed by atoms with van der Waals surface area (Å²) >= 11 is 0. The smallest absolute Gasteiger partial charge is 0.141 e. The summed E-state index contributed by atoms with van der Waals surface area (Å²) in [6.45, 7) is 3.10. The van der Waals surface area contributed by atoms with E-state index in [1.54, 1.807) is 6.07 Å². The predicted molar refractivity (Wildman–Crippen MR) is 60.1 cm³/mol. The molecule has 1 aliphatic heterocycles. The number of hydrogen-bond acceptors (Lipinski definition) is 4. The van der Waals surface area contributed by atoms with E-state index in [4.69, 9.17) is 4.74 Å². The second-order valence-corrected chi connectivity index (χ2v) is 3.83. The normalized spacial score (nSPS) is 21.1. The minimum atomic E-state index is -0.302. The maximum absolute atomic E-state index is 12.7. The first kappa shape index (κ1) is 11.3. The summed E-state index contributed by atoms with van der Waals surface area (Å²) in [5.74, 6) is 0.509. The molecule has 2 rings (SSSR count). The Hall–Kier alpha value is -1.20. The monoisotopic (exact) mass is 225 g/mol. The van der Waals surface area contributed by atoms with Gasteiger partial charge in [-0.2, -0.15) is 0 Å². The SMILES string of the molecule is CNCC1CN(c2ccc(F)cn2)CCO1. The Kier molecular flexibility index (Phi) is 3.69. The molecule has 4 nitrogen and oxygen atoms in total. The van der Waals surface area contributed by atoms with Crippen LogP contribution in [0.3, 0.4) is 0 Å². The Labute approximate surface area is 94.4 Å². The third-order valence-corrected chi connectivity index (χ3v) is 2.61. The Morgan fingerprint density at radius 2 is 2.50 bits per heavy atom. The highest BCUT2D eigenvalue weighted by molar-refractivity contribution is 5.38. The van der Waals surface area contributed by atoms with Gasteiger partial charge in [-0.3, -0.25) is 0 Å². The molecule has 1 N–H and O–H groups in total. The average molecular weight is 225 g/mol. The van der Waals surface area contributed by atoms with Crippen LogP contribution in [0, 0.1) is 5.82 Å². The first-order chi connectivity index (χ1) is 7.79. The minimum absolute atomic E-state index is 0.172. The Balaban J connectivity index is 2.01. The number of rotatable bonds is 3. The van der Waals surface area contributed by atoms with Crippen molar-refractivity contribution in [1.82, 2.24) is 10.3 Å². The van der Waals surface area contributed by atoms with Gasteiger partial charge >= 0.3 is 0 Å². The molecule has 2 heterocycles. The van der Waals surface area contributed by atoms with Gasteiger partial charge in [-0.05, 0) is 19.2 Å². The van der Waals surface area contributed by atoms with E-state index in [1.807, 2.05) is 7.05 Å². The lowest BCUT2D eigenvalue weighted by molar-refractivity contribution is 0.0419. The van der Waals surface area contributed by atoms with Crippen molar-refractivity contribution in [2.24, 2.45) is 0 Å². The molecule has 1 unspecified atom stereocenters. The summed E-state index contributed by atoms with van der Waals surface area (Å²) in [4.78, 5) is 6.19. The minimum Gasteiger partial charge on any atom is -0.373 e. The Morgan fingerprint density at radius 1 is 1.62 bits per heavy atom. The lowest BCUT2D eigenvalue weighted by Crippen LogP contribution is -2.46. The molecule has 5 heteroatoms. The van der Waals surface area contributed by atoms with Crippen molar-refractivity contribution in [2.75, 3.05) is 38.2 Å². The van der Waals surface area contributed by atoms with Gasteiger partial charge in [0.15, 0.2) is 0 Å². The molecule has 0 radical (unpaired) electrons. The van der Waals surface area contributed by atoms with Crippen LogP contribution in [0.1, 0.15) is 0 Å². The molecule has 0 amide bonds. The van der Waals surface area contributed by atoms with Crippen molar-refractivity contribution in [3.63, 3.8) is 0 Å². The number of aromatic nitrogens is 1. The van der Waals surface area contributed by atoms with Crippen LogP contribution in [0.25, 0.3) is 0 Å². The van der Waals surface area contributed by atoms with Gasteiger partial charge in [0.25, 0.3) is 0 Å². The quantitative estimate of drug-likeness (QED) is 0.819. The van der Waals surface area contributed by atoms with Gasteiger partial charge in [0.05, 0.1) is 18.9 Å². The van der Waals surface area contributed by atoms with Gasteiger partial charge in [-0.25, -0.2) is 9.37 Å². The molecule has 1 aromatic heterocycles. The van der Waals surface area contributed by atoms with Gasteiger partial charge < -0.3 is 15.0 Å². The Bertz CT molecular complexity index is 329. The zero-order valence-electron chi connectivity index (χ0n) is 9.32. The summed E-state index contributed by atoms with van der Waals surface area (Å²) < 4.78 is 18.3. The van der Waals surface area contributed by atoms with Crippen molar-refractivity contribution >= 4 is 5.82 Å². The summed E-state index contributed by atoms with van der Waals surface area (Å²) in [6.07, 6.45) is 1.42. The molecular formula is C11H16FN3O. The topological polar surface area (TPSA) is 37.4 Å². The molecule has 1 aromatic rings. The fraction of sp³-hybridized carbons (Fsp3) is 0.545. The lowest BCUT2D eigenvalue weighted by Gasteiger charge is -2.33. The molecule has 16 heavy (non-hydrogen) atoms. The fourth-order valence-corrected chi connectivity index (χ4v) is 1.83. The molecule has 1 fully saturated rings. The predicted octanol–water partition coefficient (Wildman–Crippen LogP) is 0.645. The molecule has 1 saturated heterocycles. The zero-order chi connectivity index (χ0) is 11.4. The van der Waals surface area contributed by atoms with E-state index in [1.165, 1.54) is 12.3 Å². The summed E-state index contributed by atoms with van der Waals surface area (Å²) in [5, 5.41) is 3.09. The van der Waals surface area contributed by atoms with Crippen LogP contribution in [-0.4, -0.2) is 44.4 Å². The molecule has 1 aliphatic rings. The van der Waals surface area contributed by atoms with Crippen molar-refractivity contribution in [2.45, 2.75) is 6.10 Å². The van der Waals surface area contributed by atoms with Crippen LogP contribution in [0.15, 0.2) is 18.3 Å². The van der Waals surface area contributed by atoms with E-state index in [0.717, 1.165) is 25.5 Å². The van der Waals surface area contributed by atoms with Crippen molar-refractivity contribution in [3.8, 4) is 0 Å². The van der Waals surface area contributed by atoms with Gasteiger partial charge in [-0.1, -0.05) is 0 Å². The molecule has 0 aromatic carbocycles. The maximum atomic E-state index is 12.7. The number of halogens is 1. The highest BCUT2D eigenvalue weighted by Crippen LogP contribution is 2.14. The molecule has 0 spiro atoms. The van der Waals surface area contributed by atoms with E-state index in [2.05, 4.69) is 15.2 Å². The van der Waals surface area contributed by atoms with Crippen LogP contribution < -0.4 is 10.2 Å². The third kappa shape index (κ3) is 2.68. The molecule has 1 atom stereocenters. The number of hydrogen-bond donors (Lipinski definition) is 1. The fourth-order valence-electron chi connectivity index (χ4n) is 1.83. The second kappa shape index (κ2) is 5.23. The van der Waals surface area contributed by atoms with Gasteiger partial charge in [0.1, 0.15) is 11.6 Å². The first-order valence-electron chi connectivity index (χ1n) is 5.42. The maximum Gasteiger partial charge on any atom is 0.141 e. The number of likely N-dealkylation sites (N-methyl/N-ethyl adjacent to an activating group) is 1. The third-order valence-electron chi connectivity index (χ3n) is 2.61. The summed E-state index contributed by atoms with van der Waals surface area (Å²) in [6, 6.07) is 3.14. The van der Waals surface area contributed by atoms with Gasteiger partial charge in [-0.15, -0.1) is 0 Å². The average Bonchev–Trinajstić information content (AvgIpc) is 2.31. The van der Waals surface area contributed by atoms with Crippen LogP contribution >= 0.6 is 0 Å². The molecule has 0 saturated carbocycles. The van der Waals surface area contributed by atoms with E-state index >= 15 is 0 Å². The Morgan fingerprint density at radius 3 is 3.19 bits per heavy atom. The summed E-state index contributed by atoms with van der Waals surface area (Å²) in [7, 11) is 1.90. The summed E-state index contributed by atoms with van der Waals surface area (Å²) in [5.41, 5.74) is 0. The van der Waals surface area contributed by atoms with Crippen LogP contribution in [0.4, 0.5) is 10.2 Å². The molecule has 0 bridgehead atoms. The van der Waals surface area contributed by atoms with Crippen molar-refractivity contribution < 1.29 is 9.13 Å². The van der Waals surface area contributed by atoms with Gasteiger partial charge in [0.2, 0.25) is 0 Å². The number of nitrogens with one attached hydrogen (secondary N) is 1. The lowest BCUT2D eigenvalue weighted by atomic mass is 10.2. The highest BCUT2D eigenvalue weighted by atomic mass is 19.1. The highest BCUT2D eigenvalue weighted by Gasteiger charge is 2.20. The van der Waals surface area contributed by atoms with E-state index in [-0.39, 0.29) is 11.9 Å². The largest absolute Gasteiger partial charge is 0.373 e. The number of nitrogens with zero attached hydrogens (tertiary/aromatic N) is 2. The van der Waals surface area contributed by atoms with Crippen molar-refractivity contribution in [3.05, 3.63) is 24.1 Å². The zero-order valence-corrected chi connectivity index (χ0v) is 9.32. The van der Waals surface area contributed by atoms with Crippen LogP contribution in [0.2, 0.25) is 0 Å². The van der Waals surface area contributed by atoms with Crippen LogP contribution in [0.5, 0.6) is 0 Å². The molecule has 88 valence electrons. The molecule has 0 aliphatic carbocycles. The van der Waals surface area contributed by atoms with Crippen molar-refractivity contribution in [1.29, 1.82) is 0 Å². The molecular weight excluding hydrogens is 209 g/mol. The van der Waals surface area contributed by atoms with E-state index < -0.39 is 0 Å². The second-order valence-electron chi connectivity index (χ2n) is 3.83. The number of anilines is 1. The van der Waals surface area contributed by atoms with Crippen LogP contribution in [-0.2, 0) is 4.74 Å². The number of morpholine rings is 1. The van der Waals surface area contributed by atoms with E-state index in [0.29, 0.717) is 6.61 Å². The van der Waals surface area contributed by atoms with Gasteiger partial charge in [0, 0.05) is 19.6 Å². The van der Waals surface area contributed by atoms with E-state index in [9.17, 15) is 4.39 Å². The number of pyridine rings is 1.